The van der Waals surface area contributed by atoms with Crippen molar-refractivity contribution in [3.63, 3.8) is 0 Å². The molecule has 1 aromatic heterocycles. The first kappa shape index (κ1) is 15.0. The van der Waals surface area contributed by atoms with E-state index in [0.717, 1.165) is 18.3 Å². The molecule has 3 N–H and O–H groups in total. The lowest BCUT2D eigenvalue weighted by molar-refractivity contribution is 0.333. The Morgan fingerprint density at radius 2 is 2.24 bits per heavy atom. The summed E-state index contributed by atoms with van der Waals surface area (Å²) in [5, 5.41) is 4.08. The fourth-order valence-electron chi connectivity index (χ4n) is 3.79. The summed E-state index contributed by atoms with van der Waals surface area (Å²) in [6, 6.07) is 0. The van der Waals surface area contributed by atoms with Gasteiger partial charge in [0.1, 0.15) is 4.90 Å². The van der Waals surface area contributed by atoms with Crippen molar-refractivity contribution in [3.8, 4) is 0 Å². The summed E-state index contributed by atoms with van der Waals surface area (Å²) in [5.74, 6) is 2.08. The van der Waals surface area contributed by atoms with Gasteiger partial charge in [-0.2, -0.15) is 5.10 Å². The van der Waals surface area contributed by atoms with Crippen LogP contribution in [0.5, 0.6) is 0 Å². The quantitative estimate of drug-likeness (QED) is 0.784. The molecule has 0 radical (unpaired) electrons. The lowest BCUT2D eigenvalue weighted by Gasteiger charge is -2.21. The van der Waals surface area contributed by atoms with Crippen molar-refractivity contribution in [1.82, 2.24) is 14.5 Å². The third kappa shape index (κ3) is 3.30. The first-order chi connectivity index (χ1) is 10.1. The van der Waals surface area contributed by atoms with Crippen LogP contribution in [0.3, 0.4) is 0 Å². The van der Waals surface area contributed by atoms with Crippen molar-refractivity contribution in [2.24, 2.45) is 23.5 Å². The van der Waals surface area contributed by atoms with E-state index in [9.17, 15) is 8.42 Å². The van der Waals surface area contributed by atoms with Gasteiger partial charge in [-0.25, -0.2) is 13.1 Å². The van der Waals surface area contributed by atoms with Crippen LogP contribution in [0.1, 0.15) is 32.1 Å². The fraction of sp³-hybridized carbons (Fsp3) is 0.786. The van der Waals surface area contributed by atoms with E-state index in [1.165, 1.54) is 31.9 Å². The van der Waals surface area contributed by atoms with Crippen LogP contribution in [0.25, 0.3) is 0 Å². The lowest BCUT2D eigenvalue weighted by Crippen LogP contribution is -2.31. The Hall–Kier alpha value is -0.920. The van der Waals surface area contributed by atoms with E-state index in [4.69, 9.17) is 5.73 Å². The zero-order valence-electron chi connectivity index (χ0n) is 12.2. The van der Waals surface area contributed by atoms with Gasteiger partial charge in [0.15, 0.2) is 0 Å². The van der Waals surface area contributed by atoms with Crippen molar-refractivity contribution >= 4 is 10.0 Å². The number of nitrogens with zero attached hydrogens (tertiary/aromatic N) is 2. The van der Waals surface area contributed by atoms with Gasteiger partial charge in [-0.05, 0) is 50.0 Å². The zero-order chi connectivity index (χ0) is 14.9. The smallest absolute Gasteiger partial charge is 0.243 e. The number of aromatic nitrogens is 2. The van der Waals surface area contributed by atoms with Crippen molar-refractivity contribution in [2.45, 2.75) is 43.5 Å². The molecular formula is C14H24N4O2S. The maximum absolute atomic E-state index is 12.3. The Morgan fingerprint density at radius 3 is 2.90 bits per heavy atom. The average molecular weight is 312 g/mol. The number of aryl methyl sites for hydroxylation is 1. The highest BCUT2D eigenvalue weighted by atomic mass is 32.2. The number of hydrogen-bond donors (Lipinski definition) is 2. The van der Waals surface area contributed by atoms with Crippen LogP contribution in [0.4, 0.5) is 0 Å². The first-order valence-corrected chi connectivity index (χ1v) is 9.29. The van der Waals surface area contributed by atoms with Crippen LogP contribution in [-0.2, 0) is 16.6 Å². The summed E-state index contributed by atoms with van der Waals surface area (Å²) in [6.07, 6.45) is 8.88. The molecule has 0 aromatic carbocycles. The summed E-state index contributed by atoms with van der Waals surface area (Å²) in [7, 11) is -3.43. The molecule has 0 saturated heterocycles. The van der Waals surface area contributed by atoms with Gasteiger partial charge in [-0.15, -0.1) is 0 Å². The Balaban J connectivity index is 1.57. The predicted octanol–water partition coefficient (Wildman–Crippen LogP) is 0.946. The SMILES string of the molecule is NCCCn1cc(S(=O)(=O)NCC2CC3CCC2C3)cn1. The van der Waals surface area contributed by atoms with E-state index < -0.39 is 10.0 Å². The van der Waals surface area contributed by atoms with Crippen LogP contribution in [0, 0.1) is 17.8 Å². The lowest BCUT2D eigenvalue weighted by atomic mass is 9.89. The van der Waals surface area contributed by atoms with E-state index >= 15 is 0 Å². The van der Waals surface area contributed by atoms with E-state index in [-0.39, 0.29) is 4.90 Å². The minimum absolute atomic E-state index is 0.252. The Morgan fingerprint density at radius 1 is 1.38 bits per heavy atom. The van der Waals surface area contributed by atoms with E-state index in [1.807, 2.05) is 0 Å². The Labute approximate surface area is 126 Å². The molecule has 2 fully saturated rings. The molecule has 3 unspecified atom stereocenters. The Kier molecular flexibility index (Phi) is 4.33. The fourth-order valence-corrected chi connectivity index (χ4v) is 4.83. The van der Waals surface area contributed by atoms with E-state index in [1.54, 1.807) is 10.9 Å². The normalized spacial score (nSPS) is 28.3. The number of hydrogen-bond acceptors (Lipinski definition) is 4. The largest absolute Gasteiger partial charge is 0.330 e. The van der Waals surface area contributed by atoms with Crippen molar-refractivity contribution in [2.75, 3.05) is 13.1 Å². The summed E-state index contributed by atoms with van der Waals surface area (Å²) in [5.41, 5.74) is 5.44. The number of rotatable bonds is 7. The maximum atomic E-state index is 12.3. The van der Waals surface area contributed by atoms with Crippen LogP contribution in [0.2, 0.25) is 0 Å². The number of nitrogens with one attached hydrogen (secondary N) is 1. The number of sulfonamides is 1. The topological polar surface area (TPSA) is 90.0 Å². The monoisotopic (exact) mass is 312 g/mol. The van der Waals surface area contributed by atoms with Crippen LogP contribution in [0.15, 0.2) is 17.3 Å². The van der Waals surface area contributed by atoms with Gasteiger partial charge >= 0.3 is 0 Å². The van der Waals surface area contributed by atoms with Gasteiger partial charge in [-0.3, -0.25) is 4.68 Å². The highest BCUT2D eigenvalue weighted by Crippen LogP contribution is 2.48. The first-order valence-electron chi connectivity index (χ1n) is 7.80. The molecule has 1 aromatic rings. The number of nitrogens with two attached hydrogens (primary N) is 1. The van der Waals surface area contributed by atoms with Gasteiger partial charge in [-0.1, -0.05) is 6.42 Å². The van der Waals surface area contributed by atoms with E-state index in [2.05, 4.69) is 9.82 Å². The van der Waals surface area contributed by atoms with Crippen LogP contribution in [-0.4, -0.2) is 31.3 Å². The molecule has 3 rings (SSSR count). The van der Waals surface area contributed by atoms with Gasteiger partial charge in [0.2, 0.25) is 10.0 Å². The number of fused-ring (bicyclic) bond motifs is 2. The molecule has 21 heavy (non-hydrogen) atoms. The zero-order valence-corrected chi connectivity index (χ0v) is 13.1. The maximum Gasteiger partial charge on any atom is 0.243 e. The molecule has 118 valence electrons. The van der Waals surface area contributed by atoms with Crippen molar-refractivity contribution < 1.29 is 8.42 Å². The highest BCUT2D eigenvalue weighted by molar-refractivity contribution is 7.89. The second-order valence-corrected chi connectivity index (χ2v) is 8.14. The summed E-state index contributed by atoms with van der Waals surface area (Å²) < 4.78 is 29.0. The van der Waals surface area contributed by atoms with Gasteiger partial charge in [0, 0.05) is 19.3 Å². The minimum Gasteiger partial charge on any atom is -0.330 e. The van der Waals surface area contributed by atoms with Gasteiger partial charge in [0.05, 0.1) is 6.20 Å². The molecule has 6 nitrogen and oxygen atoms in total. The van der Waals surface area contributed by atoms with Crippen molar-refractivity contribution in [3.05, 3.63) is 12.4 Å². The molecule has 2 saturated carbocycles. The molecule has 7 heteroatoms. The molecule has 2 aliphatic rings. The minimum atomic E-state index is -3.43. The third-order valence-corrected chi connectivity index (χ3v) is 6.31. The second kappa shape index (κ2) is 6.06. The molecule has 3 atom stereocenters. The standard InChI is InChI=1S/C14H24N4O2S/c15-4-1-5-18-10-14(9-16-18)21(19,20)17-8-13-7-11-2-3-12(13)6-11/h9-13,17H,1-8,15H2. The average Bonchev–Trinajstić information content (AvgIpc) is 3.18. The third-order valence-electron chi connectivity index (χ3n) is 4.93. The molecule has 0 amide bonds. The highest BCUT2D eigenvalue weighted by Gasteiger charge is 2.39. The Bertz CT molecular complexity index is 584. The molecule has 2 aliphatic carbocycles. The molecule has 0 spiro atoms. The van der Waals surface area contributed by atoms with Crippen molar-refractivity contribution in [1.29, 1.82) is 0 Å². The van der Waals surface area contributed by atoms with Gasteiger partial charge < -0.3 is 5.73 Å². The van der Waals surface area contributed by atoms with E-state index in [0.29, 0.717) is 25.6 Å². The second-order valence-electron chi connectivity index (χ2n) is 6.37. The summed E-state index contributed by atoms with van der Waals surface area (Å²) >= 11 is 0. The predicted molar refractivity (Wildman–Crippen MR) is 80.0 cm³/mol. The van der Waals surface area contributed by atoms with Gasteiger partial charge in [0.25, 0.3) is 0 Å². The molecular weight excluding hydrogens is 288 g/mol. The molecule has 2 bridgehead atoms. The van der Waals surface area contributed by atoms with Crippen LogP contribution < -0.4 is 10.5 Å². The summed E-state index contributed by atoms with van der Waals surface area (Å²) in [6.45, 7) is 1.79. The summed E-state index contributed by atoms with van der Waals surface area (Å²) in [4.78, 5) is 0.252. The van der Waals surface area contributed by atoms with Crippen LogP contribution >= 0.6 is 0 Å². The molecule has 0 aliphatic heterocycles. The molecule has 1 heterocycles.